The van der Waals surface area contributed by atoms with Crippen molar-refractivity contribution in [1.29, 1.82) is 0 Å². The predicted molar refractivity (Wildman–Crippen MR) is 142 cm³/mol. The Kier molecular flexibility index (Phi) is 8.02. The highest BCUT2D eigenvalue weighted by atomic mass is 32.2. The molecule has 0 radical (unpaired) electrons. The van der Waals surface area contributed by atoms with E-state index < -0.39 is 0 Å². The van der Waals surface area contributed by atoms with Crippen molar-refractivity contribution < 1.29 is 14.3 Å². The van der Waals surface area contributed by atoms with E-state index in [1.54, 1.807) is 32.4 Å². The fraction of sp³-hybridized carbons (Fsp3) is 0.185. The van der Waals surface area contributed by atoms with E-state index in [9.17, 15) is 4.79 Å². The van der Waals surface area contributed by atoms with Crippen molar-refractivity contribution in [3.05, 3.63) is 83.4 Å². The van der Waals surface area contributed by atoms with Gasteiger partial charge in [-0.3, -0.25) is 9.36 Å². The summed E-state index contributed by atoms with van der Waals surface area (Å²) in [5, 5.41) is 13.5. The summed E-state index contributed by atoms with van der Waals surface area (Å²) in [7, 11) is 3.15. The van der Waals surface area contributed by atoms with E-state index in [-0.39, 0.29) is 11.7 Å². The first kappa shape index (κ1) is 25.0. The van der Waals surface area contributed by atoms with Crippen LogP contribution in [0.1, 0.15) is 16.7 Å². The minimum Gasteiger partial charge on any atom is -0.497 e. The van der Waals surface area contributed by atoms with E-state index >= 15 is 0 Å². The van der Waals surface area contributed by atoms with Crippen LogP contribution < -0.4 is 14.9 Å². The van der Waals surface area contributed by atoms with Gasteiger partial charge in [0.25, 0.3) is 5.91 Å². The number of aromatic nitrogens is 3. The number of hydrazone groups is 1. The van der Waals surface area contributed by atoms with Crippen LogP contribution in [0, 0.1) is 13.8 Å². The number of carbonyl (C=O) groups excluding carboxylic acids is 1. The lowest BCUT2D eigenvalue weighted by Gasteiger charge is -2.11. The Labute approximate surface area is 214 Å². The zero-order valence-electron chi connectivity index (χ0n) is 20.6. The number of rotatable bonds is 9. The molecular weight excluding hydrogens is 474 g/mol. The van der Waals surface area contributed by atoms with E-state index in [1.165, 1.54) is 23.5 Å². The highest BCUT2D eigenvalue weighted by Gasteiger charge is 2.17. The van der Waals surface area contributed by atoms with E-state index in [1.807, 2.05) is 66.9 Å². The number of hydrogen-bond acceptors (Lipinski definition) is 7. The standard InChI is InChI=1S/C27H27N5O3S/c1-18-5-9-20(10-6-18)26-30-31-27(32(26)22-12-7-19(2)8-13-22)36-17-25(33)29-28-16-21-11-14-23(34-3)15-24(21)35-4/h5-16H,17H2,1-4H3,(H,29,33)/b28-16+. The molecule has 1 N–H and O–H groups in total. The molecule has 1 heterocycles. The summed E-state index contributed by atoms with van der Waals surface area (Å²) in [6, 6.07) is 21.6. The van der Waals surface area contributed by atoms with Gasteiger partial charge < -0.3 is 9.47 Å². The van der Waals surface area contributed by atoms with Crippen LogP contribution in [0.4, 0.5) is 0 Å². The maximum absolute atomic E-state index is 12.5. The summed E-state index contributed by atoms with van der Waals surface area (Å²) in [6.45, 7) is 4.08. The highest BCUT2D eigenvalue weighted by molar-refractivity contribution is 7.99. The van der Waals surface area contributed by atoms with Crippen molar-refractivity contribution in [3.8, 4) is 28.6 Å². The number of benzene rings is 3. The number of nitrogens with one attached hydrogen (secondary N) is 1. The zero-order valence-corrected chi connectivity index (χ0v) is 21.4. The fourth-order valence-electron chi connectivity index (χ4n) is 3.44. The van der Waals surface area contributed by atoms with Crippen LogP contribution in [-0.4, -0.2) is 46.9 Å². The molecular formula is C27H27N5O3S. The zero-order chi connectivity index (χ0) is 25.5. The van der Waals surface area contributed by atoms with E-state index in [4.69, 9.17) is 9.47 Å². The van der Waals surface area contributed by atoms with Crippen molar-refractivity contribution in [2.24, 2.45) is 5.10 Å². The van der Waals surface area contributed by atoms with Gasteiger partial charge in [-0.05, 0) is 38.1 Å². The molecule has 9 heteroatoms. The smallest absolute Gasteiger partial charge is 0.250 e. The number of hydrogen-bond donors (Lipinski definition) is 1. The van der Waals surface area contributed by atoms with Gasteiger partial charge in [-0.25, -0.2) is 5.43 Å². The summed E-state index contributed by atoms with van der Waals surface area (Å²) < 4.78 is 12.5. The molecule has 3 aromatic carbocycles. The summed E-state index contributed by atoms with van der Waals surface area (Å²) in [5.74, 6) is 1.84. The average molecular weight is 502 g/mol. The van der Waals surface area contributed by atoms with Crippen molar-refractivity contribution in [1.82, 2.24) is 20.2 Å². The van der Waals surface area contributed by atoms with Crippen LogP contribution in [0.25, 0.3) is 17.1 Å². The molecule has 1 amide bonds. The Morgan fingerprint density at radius 2 is 1.67 bits per heavy atom. The third kappa shape index (κ3) is 5.92. The molecule has 0 aliphatic heterocycles. The summed E-state index contributed by atoms with van der Waals surface area (Å²) in [5.41, 5.74) is 7.47. The molecule has 0 spiro atoms. The quantitative estimate of drug-likeness (QED) is 0.201. The second kappa shape index (κ2) is 11.5. The number of carbonyl (C=O) groups is 1. The van der Waals surface area contributed by atoms with Gasteiger partial charge in [-0.15, -0.1) is 10.2 Å². The molecule has 0 aliphatic carbocycles. The van der Waals surface area contributed by atoms with Crippen molar-refractivity contribution in [2.75, 3.05) is 20.0 Å². The molecule has 4 rings (SSSR count). The Balaban J connectivity index is 1.49. The van der Waals surface area contributed by atoms with Gasteiger partial charge in [0.2, 0.25) is 0 Å². The molecule has 0 atom stereocenters. The molecule has 0 saturated heterocycles. The Morgan fingerprint density at radius 3 is 2.33 bits per heavy atom. The molecule has 1 aromatic heterocycles. The summed E-state index contributed by atoms with van der Waals surface area (Å²) >= 11 is 1.29. The molecule has 0 fully saturated rings. The van der Waals surface area contributed by atoms with Gasteiger partial charge in [-0.1, -0.05) is 59.3 Å². The lowest BCUT2D eigenvalue weighted by Crippen LogP contribution is -2.20. The lowest BCUT2D eigenvalue weighted by molar-refractivity contribution is -0.118. The maximum atomic E-state index is 12.5. The molecule has 184 valence electrons. The van der Waals surface area contributed by atoms with Crippen LogP contribution in [0.3, 0.4) is 0 Å². The average Bonchev–Trinajstić information content (AvgIpc) is 3.32. The number of nitrogens with zero attached hydrogens (tertiary/aromatic N) is 4. The largest absolute Gasteiger partial charge is 0.497 e. The van der Waals surface area contributed by atoms with Crippen LogP contribution >= 0.6 is 11.8 Å². The van der Waals surface area contributed by atoms with Gasteiger partial charge in [0.05, 0.1) is 26.2 Å². The van der Waals surface area contributed by atoms with Crippen LogP contribution in [0.2, 0.25) is 0 Å². The number of aryl methyl sites for hydroxylation is 2. The van der Waals surface area contributed by atoms with Crippen LogP contribution in [0.5, 0.6) is 11.5 Å². The number of amides is 1. The second-order valence-electron chi connectivity index (χ2n) is 8.03. The molecule has 0 unspecified atom stereocenters. The fourth-order valence-corrected chi connectivity index (χ4v) is 4.19. The third-order valence-corrected chi connectivity index (χ3v) is 6.33. The number of ether oxygens (including phenoxy) is 2. The molecule has 0 saturated carbocycles. The predicted octanol–water partition coefficient (Wildman–Crippen LogP) is 4.81. The maximum Gasteiger partial charge on any atom is 0.250 e. The van der Waals surface area contributed by atoms with Crippen molar-refractivity contribution >= 4 is 23.9 Å². The van der Waals surface area contributed by atoms with E-state index in [0.717, 1.165) is 16.8 Å². The molecule has 0 bridgehead atoms. The van der Waals surface area contributed by atoms with Gasteiger partial charge >= 0.3 is 0 Å². The van der Waals surface area contributed by atoms with Gasteiger partial charge in [0.1, 0.15) is 11.5 Å². The summed E-state index contributed by atoms with van der Waals surface area (Å²) in [6.07, 6.45) is 1.53. The third-order valence-electron chi connectivity index (χ3n) is 5.40. The SMILES string of the molecule is COc1ccc(/C=N/NC(=O)CSc2nnc(-c3ccc(C)cc3)n2-c2ccc(C)cc2)c(OC)c1. The van der Waals surface area contributed by atoms with Gasteiger partial charge in [-0.2, -0.15) is 5.10 Å². The minimum atomic E-state index is -0.265. The Morgan fingerprint density at radius 1 is 0.972 bits per heavy atom. The number of thioether (sulfide) groups is 1. The first-order valence-corrected chi connectivity index (χ1v) is 12.2. The minimum absolute atomic E-state index is 0.120. The number of methoxy groups -OCH3 is 2. The molecule has 36 heavy (non-hydrogen) atoms. The summed E-state index contributed by atoms with van der Waals surface area (Å²) in [4.78, 5) is 12.5. The first-order valence-electron chi connectivity index (χ1n) is 11.2. The highest BCUT2D eigenvalue weighted by Crippen LogP contribution is 2.28. The van der Waals surface area contributed by atoms with Crippen molar-refractivity contribution in [3.63, 3.8) is 0 Å². The lowest BCUT2D eigenvalue weighted by atomic mass is 10.1. The second-order valence-corrected chi connectivity index (χ2v) is 8.98. The van der Waals surface area contributed by atoms with E-state index in [2.05, 4.69) is 20.7 Å². The molecule has 0 aliphatic rings. The topological polar surface area (TPSA) is 90.6 Å². The normalized spacial score (nSPS) is 11.0. The monoisotopic (exact) mass is 501 g/mol. The first-order chi connectivity index (χ1) is 17.5. The van der Waals surface area contributed by atoms with Crippen LogP contribution in [-0.2, 0) is 4.79 Å². The van der Waals surface area contributed by atoms with Gasteiger partial charge in [0.15, 0.2) is 11.0 Å². The molecule has 8 nitrogen and oxygen atoms in total. The van der Waals surface area contributed by atoms with Crippen LogP contribution in [0.15, 0.2) is 77.0 Å². The Bertz CT molecular complexity index is 1370. The van der Waals surface area contributed by atoms with Crippen molar-refractivity contribution in [2.45, 2.75) is 19.0 Å². The van der Waals surface area contributed by atoms with E-state index in [0.29, 0.717) is 28.0 Å². The molecule has 4 aromatic rings. The van der Waals surface area contributed by atoms with Gasteiger partial charge in [0, 0.05) is 22.9 Å². The Hall–Kier alpha value is -4.11.